The van der Waals surface area contributed by atoms with Crippen molar-refractivity contribution in [2.75, 3.05) is 6.54 Å². The Morgan fingerprint density at radius 1 is 1.08 bits per heavy atom. The number of urea groups is 1. The Labute approximate surface area is 140 Å². The Hall–Kier alpha value is -2.37. The Kier molecular flexibility index (Phi) is 3.75. The standard InChI is InChI=1S/C18H21N3O3/c22-16(14-9-5-7-12-6-1-2-8-13(12)14)19-21-17(23)15-10-3-4-11-20(15)18(21)24/h1-2,6,8,14-15H,3-5,7,9-11H2,(H,19,22)/t14-,15?/m0/s1. The van der Waals surface area contributed by atoms with E-state index in [4.69, 9.17) is 0 Å². The molecule has 0 radical (unpaired) electrons. The van der Waals surface area contributed by atoms with Crippen LogP contribution in [0.4, 0.5) is 4.79 Å². The Morgan fingerprint density at radius 3 is 2.75 bits per heavy atom. The SMILES string of the molecule is O=C(NN1C(=O)C2CCCCN2C1=O)[C@H]1CCCc2ccccc21. The summed E-state index contributed by atoms with van der Waals surface area (Å²) in [5, 5.41) is 0.940. The van der Waals surface area contributed by atoms with Gasteiger partial charge in [0.1, 0.15) is 6.04 Å². The molecule has 2 saturated heterocycles. The van der Waals surface area contributed by atoms with E-state index in [0.29, 0.717) is 13.0 Å². The van der Waals surface area contributed by atoms with Crippen molar-refractivity contribution in [2.24, 2.45) is 0 Å². The summed E-state index contributed by atoms with van der Waals surface area (Å²) >= 11 is 0. The van der Waals surface area contributed by atoms with Gasteiger partial charge in [0.2, 0.25) is 5.91 Å². The van der Waals surface area contributed by atoms with Crippen LogP contribution in [0.5, 0.6) is 0 Å². The number of amides is 4. The third kappa shape index (κ3) is 2.37. The van der Waals surface area contributed by atoms with Crippen LogP contribution in [0.2, 0.25) is 0 Å². The predicted molar refractivity (Wildman–Crippen MR) is 86.9 cm³/mol. The Balaban J connectivity index is 1.53. The van der Waals surface area contributed by atoms with Gasteiger partial charge in [-0.15, -0.1) is 0 Å². The van der Waals surface area contributed by atoms with Crippen molar-refractivity contribution in [3.05, 3.63) is 35.4 Å². The van der Waals surface area contributed by atoms with Crippen LogP contribution >= 0.6 is 0 Å². The largest absolute Gasteiger partial charge is 0.346 e. The molecular formula is C18H21N3O3. The number of hydrogen-bond donors (Lipinski definition) is 1. The maximum Gasteiger partial charge on any atom is 0.346 e. The average molecular weight is 327 g/mol. The quantitative estimate of drug-likeness (QED) is 0.844. The molecule has 1 aliphatic carbocycles. The van der Waals surface area contributed by atoms with E-state index in [1.54, 1.807) is 4.90 Å². The van der Waals surface area contributed by atoms with Crippen molar-refractivity contribution in [1.29, 1.82) is 0 Å². The maximum atomic E-state index is 12.7. The molecule has 0 saturated carbocycles. The lowest BCUT2D eigenvalue weighted by Gasteiger charge is -2.26. The van der Waals surface area contributed by atoms with Crippen LogP contribution in [0.25, 0.3) is 0 Å². The molecule has 2 atom stereocenters. The molecule has 0 bridgehead atoms. The minimum Gasteiger partial charge on any atom is -0.311 e. The Morgan fingerprint density at radius 2 is 1.92 bits per heavy atom. The lowest BCUT2D eigenvalue weighted by atomic mass is 9.82. The van der Waals surface area contributed by atoms with Crippen molar-refractivity contribution in [3.63, 3.8) is 0 Å². The fourth-order valence-corrected chi connectivity index (χ4v) is 4.11. The first-order valence-corrected chi connectivity index (χ1v) is 8.69. The highest BCUT2D eigenvalue weighted by atomic mass is 16.2. The van der Waals surface area contributed by atoms with Crippen molar-refractivity contribution < 1.29 is 14.4 Å². The lowest BCUT2D eigenvalue weighted by Crippen LogP contribution is -2.49. The van der Waals surface area contributed by atoms with Gasteiger partial charge in [-0.05, 0) is 49.7 Å². The van der Waals surface area contributed by atoms with Gasteiger partial charge < -0.3 is 4.90 Å². The highest BCUT2D eigenvalue weighted by molar-refractivity contribution is 6.05. The summed E-state index contributed by atoms with van der Waals surface area (Å²) in [7, 11) is 0. The van der Waals surface area contributed by atoms with Gasteiger partial charge in [0.05, 0.1) is 5.92 Å². The normalized spacial score (nSPS) is 26.2. The van der Waals surface area contributed by atoms with Gasteiger partial charge in [-0.2, -0.15) is 5.01 Å². The van der Waals surface area contributed by atoms with E-state index in [1.807, 2.05) is 24.3 Å². The van der Waals surface area contributed by atoms with E-state index in [9.17, 15) is 14.4 Å². The summed E-state index contributed by atoms with van der Waals surface area (Å²) in [5.41, 5.74) is 4.79. The number of rotatable bonds is 2. The van der Waals surface area contributed by atoms with Crippen LogP contribution in [0.15, 0.2) is 24.3 Å². The highest BCUT2D eigenvalue weighted by Gasteiger charge is 2.47. The number of hydrogen-bond acceptors (Lipinski definition) is 3. The summed E-state index contributed by atoms with van der Waals surface area (Å²) in [6.45, 7) is 0.591. The van der Waals surface area contributed by atoms with Gasteiger partial charge >= 0.3 is 6.03 Å². The van der Waals surface area contributed by atoms with E-state index in [-0.39, 0.29) is 23.8 Å². The van der Waals surface area contributed by atoms with E-state index in [1.165, 1.54) is 5.56 Å². The molecule has 1 N–H and O–H groups in total. The molecule has 2 fully saturated rings. The molecule has 4 amide bonds. The number of nitrogens with zero attached hydrogens (tertiary/aromatic N) is 2. The molecule has 126 valence electrons. The first-order valence-electron chi connectivity index (χ1n) is 8.69. The van der Waals surface area contributed by atoms with Crippen molar-refractivity contribution in [1.82, 2.24) is 15.3 Å². The second kappa shape index (κ2) is 5.92. The maximum absolute atomic E-state index is 12.7. The van der Waals surface area contributed by atoms with Crippen LogP contribution in [-0.4, -0.2) is 40.3 Å². The van der Waals surface area contributed by atoms with E-state index in [0.717, 1.165) is 42.7 Å². The van der Waals surface area contributed by atoms with Crippen LogP contribution in [0.3, 0.4) is 0 Å². The zero-order chi connectivity index (χ0) is 16.7. The van der Waals surface area contributed by atoms with Crippen LogP contribution in [-0.2, 0) is 16.0 Å². The zero-order valence-corrected chi connectivity index (χ0v) is 13.5. The molecule has 4 rings (SSSR count). The number of carbonyl (C=O) groups excluding carboxylic acids is 3. The van der Waals surface area contributed by atoms with Crippen LogP contribution in [0, 0.1) is 0 Å². The first kappa shape index (κ1) is 15.2. The molecule has 24 heavy (non-hydrogen) atoms. The molecular weight excluding hydrogens is 306 g/mol. The van der Waals surface area contributed by atoms with Crippen LogP contribution < -0.4 is 5.43 Å². The molecule has 1 aromatic carbocycles. The number of hydrazine groups is 1. The summed E-state index contributed by atoms with van der Waals surface area (Å²) in [4.78, 5) is 39.2. The zero-order valence-electron chi connectivity index (χ0n) is 13.5. The van der Waals surface area contributed by atoms with E-state index >= 15 is 0 Å². The number of imide groups is 1. The summed E-state index contributed by atoms with van der Waals surface area (Å²) in [6, 6.07) is 7.13. The molecule has 3 aliphatic rings. The van der Waals surface area contributed by atoms with Gasteiger partial charge in [-0.1, -0.05) is 24.3 Å². The first-order chi connectivity index (χ1) is 11.7. The van der Waals surface area contributed by atoms with Gasteiger partial charge in [0.25, 0.3) is 5.91 Å². The highest BCUT2D eigenvalue weighted by Crippen LogP contribution is 2.32. The topological polar surface area (TPSA) is 69.7 Å². The fraction of sp³-hybridized carbons (Fsp3) is 0.500. The summed E-state index contributed by atoms with van der Waals surface area (Å²) in [6.07, 6.45) is 5.18. The summed E-state index contributed by atoms with van der Waals surface area (Å²) < 4.78 is 0. The molecule has 0 aromatic heterocycles. The predicted octanol–water partition coefficient (Wildman–Crippen LogP) is 1.95. The number of nitrogens with one attached hydrogen (secondary N) is 1. The second-order valence-electron chi connectivity index (χ2n) is 6.78. The number of aryl methyl sites for hydroxylation is 1. The molecule has 2 aliphatic heterocycles. The average Bonchev–Trinajstić information content (AvgIpc) is 2.86. The second-order valence-corrected chi connectivity index (χ2v) is 6.78. The van der Waals surface area contributed by atoms with E-state index < -0.39 is 6.04 Å². The smallest absolute Gasteiger partial charge is 0.311 e. The molecule has 6 heteroatoms. The third-order valence-electron chi connectivity index (χ3n) is 5.35. The minimum atomic E-state index is -0.398. The molecule has 1 aromatic rings. The molecule has 1 unspecified atom stereocenters. The summed E-state index contributed by atoms with van der Waals surface area (Å²) in [5.74, 6) is -0.853. The minimum absolute atomic E-state index is 0.260. The van der Waals surface area contributed by atoms with Crippen LogP contribution in [0.1, 0.15) is 49.1 Å². The van der Waals surface area contributed by atoms with Crippen molar-refractivity contribution in [3.8, 4) is 0 Å². The number of carbonyl (C=O) groups is 3. The third-order valence-corrected chi connectivity index (χ3v) is 5.35. The van der Waals surface area contributed by atoms with E-state index in [2.05, 4.69) is 5.43 Å². The number of piperidine rings is 1. The Bertz CT molecular complexity index is 679. The fourth-order valence-electron chi connectivity index (χ4n) is 4.11. The monoisotopic (exact) mass is 327 g/mol. The van der Waals surface area contributed by atoms with Crippen molar-refractivity contribution >= 4 is 17.8 Å². The molecule has 0 spiro atoms. The molecule has 6 nitrogen and oxygen atoms in total. The number of benzene rings is 1. The number of fused-ring (bicyclic) bond motifs is 2. The lowest BCUT2D eigenvalue weighted by molar-refractivity contribution is -0.137. The van der Waals surface area contributed by atoms with Gasteiger partial charge in [0.15, 0.2) is 0 Å². The molecule has 2 heterocycles. The van der Waals surface area contributed by atoms with Crippen molar-refractivity contribution in [2.45, 2.75) is 50.5 Å². The van der Waals surface area contributed by atoms with Gasteiger partial charge in [0, 0.05) is 6.54 Å². The van der Waals surface area contributed by atoms with Gasteiger partial charge in [-0.3, -0.25) is 15.0 Å². The van der Waals surface area contributed by atoms with Gasteiger partial charge in [-0.25, -0.2) is 4.79 Å².